The maximum atomic E-state index is 12.7. The molecule has 2 aromatic rings. The molecule has 2 rings (SSSR count). The third kappa shape index (κ3) is 7.02. The molecule has 4 amide bonds. The first-order valence-corrected chi connectivity index (χ1v) is 11.8. The highest BCUT2D eigenvalue weighted by atomic mass is 32.2. The van der Waals surface area contributed by atoms with Crippen molar-refractivity contribution in [3.05, 3.63) is 65.2 Å². The van der Waals surface area contributed by atoms with Gasteiger partial charge in [-0.25, -0.2) is 13.2 Å². The molecular formula is C22H29N5O5S. The number of amides is 4. The fourth-order valence-electron chi connectivity index (χ4n) is 3.17. The van der Waals surface area contributed by atoms with Gasteiger partial charge in [-0.1, -0.05) is 49.7 Å². The molecule has 11 heteroatoms. The van der Waals surface area contributed by atoms with E-state index in [-0.39, 0.29) is 16.9 Å². The molecular weight excluding hydrogens is 446 g/mol. The van der Waals surface area contributed by atoms with E-state index in [4.69, 9.17) is 5.73 Å². The third-order valence-corrected chi connectivity index (χ3v) is 6.99. The average Bonchev–Trinajstić information content (AvgIpc) is 2.78. The number of primary amides is 1. The number of nitrogens with two attached hydrogens (primary N) is 1. The summed E-state index contributed by atoms with van der Waals surface area (Å²) in [5, 5.41) is 2.51. The molecule has 2 aromatic carbocycles. The predicted octanol–water partition coefficient (Wildman–Crippen LogP) is 1.59. The summed E-state index contributed by atoms with van der Waals surface area (Å²) in [7, 11) is -3.74. The topological polar surface area (TPSA) is 151 Å². The highest BCUT2D eigenvalue weighted by Crippen LogP contribution is 2.18. The minimum atomic E-state index is -3.74. The van der Waals surface area contributed by atoms with Gasteiger partial charge in [0, 0.05) is 18.7 Å². The summed E-state index contributed by atoms with van der Waals surface area (Å²) < 4.78 is 26.6. The summed E-state index contributed by atoms with van der Waals surface area (Å²) in [6.45, 7) is 5.96. The Balaban J connectivity index is 2.06. The van der Waals surface area contributed by atoms with E-state index in [2.05, 4.69) is 16.2 Å². The van der Waals surface area contributed by atoms with Crippen LogP contribution in [0.3, 0.4) is 0 Å². The van der Waals surface area contributed by atoms with Crippen LogP contribution < -0.4 is 21.9 Å². The van der Waals surface area contributed by atoms with E-state index in [0.717, 1.165) is 5.56 Å². The zero-order valence-electron chi connectivity index (χ0n) is 18.8. The Hall–Kier alpha value is -3.44. The number of hydrogen-bond donors (Lipinski definition) is 4. The van der Waals surface area contributed by atoms with Crippen LogP contribution in [-0.4, -0.2) is 43.7 Å². The van der Waals surface area contributed by atoms with Crippen LogP contribution >= 0.6 is 0 Å². The van der Waals surface area contributed by atoms with Crippen LogP contribution in [0.15, 0.2) is 53.4 Å². The molecule has 0 fully saturated rings. The van der Waals surface area contributed by atoms with Crippen LogP contribution in [0.25, 0.3) is 0 Å². The van der Waals surface area contributed by atoms with Gasteiger partial charge < -0.3 is 11.1 Å². The Morgan fingerprint density at radius 1 is 1.00 bits per heavy atom. The van der Waals surface area contributed by atoms with E-state index >= 15 is 0 Å². The molecule has 5 N–H and O–H groups in total. The van der Waals surface area contributed by atoms with E-state index < -0.39 is 33.9 Å². The zero-order chi connectivity index (χ0) is 24.6. The van der Waals surface area contributed by atoms with Crippen molar-refractivity contribution >= 4 is 27.9 Å². The maximum Gasteiger partial charge on any atom is 0.312 e. The standard InChI is InChI=1S/C22H29N5O5S/c1-4-27(5-2)33(31,32)18-8-6-7-17(13-18)21(29)26-25-20(28)14-19(24-22(23)30)16-11-9-15(3)10-12-16/h6-13,19H,4-5,14H2,1-3H3,(H,25,28)(H,26,29)(H3,23,24,30)/t19-/m0/s1. The van der Waals surface area contributed by atoms with E-state index in [1.807, 2.05) is 19.1 Å². The highest BCUT2D eigenvalue weighted by molar-refractivity contribution is 7.89. The van der Waals surface area contributed by atoms with Crippen molar-refractivity contribution in [2.75, 3.05) is 13.1 Å². The van der Waals surface area contributed by atoms with Crippen molar-refractivity contribution in [2.45, 2.75) is 38.1 Å². The SMILES string of the molecule is CCN(CC)S(=O)(=O)c1cccc(C(=O)NNC(=O)C[C@H](NC(N)=O)c2ccc(C)cc2)c1. The van der Waals surface area contributed by atoms with Gasteiger partial charge in [0.15, 0.2) is 0 Å². The molecule has 0 saturated carbocycles. The molecule has 0 aliphatic heterocycles. The monoisotopic (exact) mass is 475 g/mol. The Labute approximate surface area is 193 Å². The van der Waals surface area contributed by atoms with Gasteiger partial charge in [0.2, 0.25) is 15.9 Å². The first kappa shape index (κ1) is 25.8. The van der Waals surface area contributed by atoms with Crippen LogP contribution in [0.4, 0.5) is 4.79 Å². The number of hydrogen-bond acceptors (Lipinski definition) is 5. The normalized spacial score (nSPS) is 12.1. The number of rotatable bonds is 9. The second kappa shape index (κ2) is 11.4. The molecule has 10 nitrogen and oxygen atoms in total. The van der Waals surface area contributed by atoms with Gasteiger partial charge in [-0.2, -0.15) is 4.31 Å². The van der Waals surface area contributed by atoms with Crippen molar-refractivity contribution in [3.63, 3.8) is 0 Å². The average molecular weight is 476 g/mol. The lowest BCUT2D eigenvalue weighted by Crippen LogP contribution is -2.44. The van der Waals surface area contributed by atoms with E-state index in [1.54, 1.807) is 26.0 Å². The smallest absolute Gasteiger partial charge is 0.312 e. The van der Waals surface area contributed by atoms with Crippen LogP contribution in [0, 0.1) is 6.92 Å². The summed E-state index contributed by atoms with van der Waals surface area (Å²) in [5.74, 6) is -1.26. The van der Waals surface area contributed by atoms with Crippen LogP contribution in [0.1, 0.15) is 47.8 Å². The Bertz CT molecular complexity index is 1100. The summed E-state index contributed by atoms with van der Waals surface area (Å²) in [6.07, 6.45) is -0.178. The van der Waals surface area contributed by atoms with Gasteiger partial charge in [-0.15, -0.1) is 0 Å². The van der Waals surface area contributed by atoms with Crippen molar-refractivity contribution in [1.82, 2.24) is 20.5 Å². The number of aryl methyl sites for hydroxylation is 1. The first-order chi connectivity index (χ1) is 15.6. The molecule has 0 radical (unpaired) electrons. The van der Waals surface area contributed by atoms with Gasteiger partial charge in [-0.3, -0.25) is 20.4 Å². The van der Waals surface area contributed by atoms with Crippen molar-refractivity contribution in [3.8, 4) is 0 Å². The molecule has 0 unspecified atom stereocenters. The van der Waals surface area contributed by atoms with E-state index in [1.165, 1.54) is 28.6 Å². The predicted molar refractivity (Wildman–Crippen MR) is 123 cm³/mol. The second-order valence-electron chi connectivity index (χ2n) is 7.30. The van der Waals surface area contributed by atoms with E-state index in [9.17, 15) is 22.8 Å². The number of urea groups is 1. The number of carbonyl (C=O) groups is 3. The van der Waals surface area contributed by atoms with Crippen molar-refractivity contribution in [2.24, 2.45) is 5.73 Å². The maximum absolute atomic E-state index is 12.7. The summed E-state index contributed by atoms with van der Waals surface area (Å²) >= 11 is 0. The van der Waals surface area contributed by atoms with Crippen LogP contribution in [0.5, 0.6) is 0 Å². The zero-order valence-corrected chi connectivity index (χ0v) is 19.6. The molecule has 0 aliphatic carbocycles. The minimum absolute atomic E-state index is 0.0183. The van der Waals surface area contributed by atoms with Crippen LogP contribution in [0.2, 0.25) is 0 Å². The van der Waals surface area contributed by atoms with Gasteiger partial charge in [-0.05, 0) is 30.7 Å². The fourth-order valence-corrected chi connectivity index (χ4v) is 4.67. The molecule has 0 spiro atoms. The molecule has 0 heterocycles. The molecule has 0 bridgehead atoms. The van der Waals surface area contributed by atoms with Gasteiger partial charge in [0.05, 0.1) is 17.4 Å². The lowest BCUT2D eigenvalue weighted by molar-refractivity contribution is -0.122. The van der Waals surface area contributed by atoms with Crippen LogP contribution in [-0.2, 0) is 14.8 Å². The lowest BCUT2D eigenvalue weighted by Gasteiger charge is -2.19. The number of benzene rings is 2. The second-order valence-corrected chi connectivity index (χ2v) is 9.23. The minimum Gasteiger partial charge on any atom is -0.352 e. The molecule has 0 aromatic heterocycles. The quantitative estimate of drug-likeness (QED) is 0.406. The van der Waals surface area contributed by atoms with Gasteiger partial charge in [0.1, 0.15) is 0 Å². The Morgan fingerprint density at radius 3 is 2.21 bits per heavy atom. The number of hydrazine groups is 1. The first-order valence-electron chi connectivity index (χ1n) is 10.4. The van der Waals surface area contributed by atoms with Crippen molar-refractivity contribution in [1.29, 1.82) is 0 Å². The summed E-state index contributed by atoms with van der Waals surface area (Å²) in [5.41, 5.74) is 11.5. The number of sulfonamides is 1. The van der Waals surface area contributed by atoms with Crippen molar-refractivity contribution < 1.29 is 22.8 Å². The molecule has 1 atom stereocenters. The largest absolute Gasteiger partial charge is 0.352 e. The van der Waals surface area contributed by atoms with E-state index in [0.29, 0.717) is 18.7 Å². The lowest BCUT2D eigenvalue weighted by atomic mass is 10.0. The molecule has 0 aliphatic rings. The summed E-state index contributed by atoms with van der Waals surface area (Å²) in [6, 6.07) is 11.3. The molecule has 178 valence electrons. The number of carbonyl (C=O) groups excluding carboxylic acids is 3. The number of nitrogens with one attached hydrogen (secondary N) is 3. The third-order valence-electron chi connectivity index (χ3n) is 4.94. The molecule has 0 saturated heterocycles. The van der Waals surface area contributed by atoms with Gasteiger partial charge >= 0.3 is 6.03 Å². The molecule has 33 heavy (non-hydrogen) atoms. The highest BCUT2D eigenvalue weighted by Gasteiger charge is 2.23. The number of nitrogens with zero attached hydrogens (tertiary/aromatic N) is 1. The Kier molecular flexibility index (Phi) is 8.94. The van der Waals surface area contributed by atoms with Gasteiger partial charge in [0.25, 0.3) is 5.91 Å². The summed E-state index contributed by atoms with van der Waals surface area (Å²) in [4.78, 5) is 36.2. The Morgan fingerprint density at radius 2 is 1.64 bits per heavy atom. The fraction of sp³-hybridized carbons (Fsp3) is 0.318.